The van der Waals surface area contributed by atoms with Gasteiger partial charge in [-0.3, -0.25) is 4.79 Å². The molecule has 2 aromatic carbocycles. The molecular formula is C20H25NO2. The molecule has 2 aromatic rings. The zero-order chi connectivity index (χ0) is 16.7. The van der Waals surface area contributed by atoms with E-state index in [9.17, 15) is 4.79 Å². The first kappa shape index (κ1) is 17.1. The highest BCUT2D eigenvalue weighted by atomic mass is 16.5. The SMILES string of the molecule is Cc1cccc(C)c1OCC(=O)NC(C)CCc1ccccc1. The minimum absolute atomic E-state index is 0.0569. The molecule has 3 nitrogen and oxygen atoms in total. The van der Waals surface area contributed by atoms with Gasteiger partial charge in [-0.05, 0) is 50.3 Å². The average molecular weight is 311 g/mol. The molecule has 1 amide bonds. The Bertz CT molecular complexity index is 617. The molecule has 0 fully saturated rings. The highest BCUT2D eigenvalue weighted by Gasteiger charge is 2.10. The number of amides is 1. The van der Waals surface area contributed by atoms with Crippen molar-refractivity contribution >= 4 is 5.91 Å². The molecule has 0 aromatic heterocycles. The highest BCUT2D eigenvalue weighted by Crippen LogP contribution is 2.22. The molecule has 0 saturated carbocycles. The molecule has 0 heterocycles. The number of aryl methyl sites for hydroxylation is 3. The fourth-order valence-electron chi connectivity index (χ4n) is 2.58. The Kier molecular flexibility index (Phi) is 6.21. The standard InChI is InChI=1S/C20H25NO2/c1-15-8-7-9-16(2)20(15)23-14-19(22)21-17(3)12-13-18-10-5-4-6-11-18/h4-11,17H,12-14H2,1-3H3,(H,21,22). The van der Waals surface area contributed by atoms with Gasteiger partial charge < -0.3 is 10.1 Å². The van der Waals surface area contributed by atoms with E-state index in [0.717, 1.165) is 29.7 Å². The van der Waals surface area contributed by atoms with Gasteiger partial charge in [0.1, 0.15) is 5.75 Å². The Morgan fingerprint density at radius 1 is 1.04 bits per heavy atom. The van der Waals surface area contributed by atoms with Gasteiger partial charge in [0.2, 0.25) is 0 Å². The Hall–Kier alpha value is -2.29. The minimum atomic E-state index is -0.0757. The molecule has 122 valence electrons. The molecule has 0 spiro atoms. The van der Waals surface area contributed by atoms with Gasteiger partial charge in [0.05, 0.1) is 0 Å². The summed E-state index contributed by atoms with van der Waals surface area (Å²) in [7, 11) is 0. The van der Waals surface area contributed by atoms with E-state index in [1.54, 1.807) is 0 Å². The molecule has 1 atom stereocenters. The first-order valence-corrected chi connectivity index (χ1v) is 8.08. The molecule has 3 heteroatoms. The number of hydrogen-bond donors (Lipinski definition) is 1. The van der Waals surface area contributed by atoms with Gasteiger partial charge in [0.25, 0.3) is 5.91 Å². The molecular weight excluding hydrogens is 286 g/mol. The van der Waals surface area contributed by atoms with Crippen molar-refractivity contribution in [3.8, 4) is 5.75 Å². The van der Waals surface area contributed by atoms with Crippen LogP contribution in [0.4, 0.5) is 0 Å². The van der Waals surface area contributed by atoms with Crippen LogP contribution in [-0.4, -0.2) is 18.6 Å². The van der Waals surface area contributed by atoms with Crippen LogP contribution in [0.5, 0.6) is 5.75 Å². The van der Waals surface area contributed by atoms with Crippen molar-refractivity contribution in [1.29, 1.82) is 0 Å². The van der Waals surface area contributed by atoms with Gasteiger partial charge in [0, 0.05) is 6.04 Å². The minimum Gasteiger partial charge on any atom is -0.483 e. The first-order chi connectivity index (χ1) is 11.1. The molecule has 0 saturated heterocycles. The summed E-state index contributed by atoms with van der Waals surface area (Å²) in [5.41, 5.74) is 3.39. The lowest BCUT2D eigenvalue weighted by molar-refractivity contribution is -0.123. The number of carbonyl (C=O) groups excluding carboxylic acids is 1. The molecule has 2 rings (SSSR count). The van der Waals surface area contributed by atoms with Crippen LogP contribution in [0.15, 0.2) is 48.5 Å². The normalized spacial score (nSPS) is 11.8. The van der Waals surface area contributed by atoms with Crippen molar-refractivity contribution in [3.63, 3.8) is 0 Å². The molecule has 1 unspecified atom stereocenters. The molecule has 23 heavy (non-hydrogen) atoms. The third-order valence-electron chi connectivity index (χ3n) is 3.87. The van der Waals surface area contributed by atoms with Crippen LogP contribution in [-0.2, 0) is 11.2 Å². The van der Waals surface area contributed by atoms with E-state index in [0.29, 0.717) is 0 Å². The maximum atomic E-state index is 12.0. The van der Waals surface area contributed by atoms with Gasteiger partial charge >= 0.3 is 0 Å². The molecule has 0 aliphatic carbocycles. The van der Waals surface area contributed by atoms with E-state index in [4.69, 9.17) is 4.74 Å². The van der Waals surface area contributed by atoms with E-state index in [1.165, 1.54) is 5.56 Å². The summed E-state index contributed by atoms with van der Waals surface area (Å²) in [5, 5.41) is 3.00. The lowest BCUT2D eigenvalue weighted by Gasteiger charge is -2.16. The summed E-state index contributed by atoms with van der Waals surface area (Å²) in [6, 6.07) is 16.4. The number of para-hydroxylation sites is 1. The second-order valence-electron chi connectivity index (χ2n) is 6.00. The quantitative estimate of drug-likeness (QED) is 0.844. The molecule has 0 bridgehead atoms. The van der Waals surface area contributed by atoms with E-state index in [-0.39, 0.29) is 18.6 Å². The highest BCUT2D eigenvalue weighted by molar-refractivity contribution is 5.77. The molecule has 1 N–H and O–H groups in total. The number of ether oxygens (including phenoxy) is 1. The number of hydrogen-bond acceptors (Lipinski definition) is 2. The van der Waals surface area contributed by atoms with Gasteiger partial charge in [0.15, 0.2) is 6.61 Å². The lowest BCUT2D eigenvalue weighted by atomic mass is 10.1. The van der Waals surface area contributed by atoms with Gasteiger partial charge in [-0.25, -0.2) is 0 Å². The smallest absolute Gasteiger partial charge is 0.258 e. The average Bonchev–Trinajstić information content (AvgIpc) is 2.53. The van der Waals surface area contributed by atoms with E-state index < -0.39 is 0 Å². The predicted molar refractivity (Wildman–Crippen MR) is 93.8 cm³/mol. The van der Waals surface area contributed by atoms with Crippen LogP contribution in [0.25, 0.3) is 0 Å². The summed E-state index contributed by atoms with van der Waals surface area (Å²) in [6.45, 7) is 6.06. The molecule has 0 aliphatic heterocycles. The van der Waals surface area contributed by atoms with Crippen molar-refractivity contribution < 1.29 is 9.53 Å². The summed E-state index contributed by atoms with van der Waals surface area (Å²) >= 11 is 0. The van der Waals surface area contributed by atoms with E-state index in [1.807, 2.05) is 57.2 Å². The maximum absolute atomic E-state index is 12.0. The summed E-state index contributed by atoms with van der Waals surface area (Å²) in [6.07, 6.45) is 1.87. The Labute approximate surface area is 138 Å². The molecule has 0 aliphatic rings. The van der Waals surface area contributed by atoms with Gasteiger partial charge in [-0.2, -0.15) is 0 Å². The fourth-order valence-corrected chi connectivity index (χ4v) is 2.58. The number of benzene rings is 2. The van der Waals surface area contributed by atoms with Crippen LogP contribution < -0.4 is 10.1 Å². The topological polar surface area (TPSA) is 38.3 Å². The fraction of sp³-hybridized carbons (Fsp3) is 0.350. The number of carbonyl (C=O) groups is 1. The monoisotopic (exact) mass is 311 g/mol. The predicted octanol–water partition coefficient (Wildman–Crippen LogP) is 3.82. The second-order valence-corrected chi connectivity index (χ2v) is 6.00. The van der Waals surface area contributed by atoms with Crippen molar-refractivity contribution in [1.82, 2.24) is 5.32 Å². The molecule has 0 radical (unpaired) electrons. The maximum Gasteiger partial charge on any atom is 0.258 e. The third-order valence-corrected chi connectivity index (χ3v) is 3.87. The summed E-state index contributed by atoms with van der Waals surface area (Å²) in [5.74, 6) is 0.729. The number of nitrogens with one attached hydrogen (secondary N) is 1. The van der Waals surface area contributed by atoms with Crippen molar-refractivity contribution in [2.24, 2.45) is 0 Å². The zero-order valence-electron chi connectivity index (χ0n) is 14.1. The first-order valence-electron chi connectivity index (χ1n) is 8.08. The van der Waals surface area contributed by atoms with Crippen molar-refractivity contribution in [2.75, 3.05) is 6.61 Å². The van der Waals surface area contributed by atoms with Crippen LogP contribution >= 0.6 is 0 Å². The van der Waals surface area contributed by atoms with Crippen LogP contribution in [0.1, 0.15) is 30.0 Å². The summed E-state index contributed by atoms with van der Waals surface area (Å²) < 4.78 is 5.68. The van der Waals surface area contributed by atoms with Crippen molar-refractivity contribution in [2.45, 2.75) is 39.7 Å². The summed E-state index contributed by atoms with van der Waals surface area (Å²) in [4.78, 5) is 12.0. The second kappa shape index (κ2) is 8.37. The van der Waals surface area contributed by atoms with Gasteiger partial charge in [-0.1, -0.05) is 48.5 Å². The van der Waals surface area contributed by atoms with E-state index in [2.05, 4.69) is 17.4 Å². The Morgan fingerprint density at radius 3 is 2.35 bits per heavy atom. The van der Waals surface area contributed by atoms with Crippen LogP contribution in [0, 0.1) is 13.8 Å². The third kappa shape index (κ3) is 5.44. The largest absolute Gasteiger partial charge is 0.483 e. The zero-order valence-corrected chi connectivity index (χ0v) is 14.1. The van der Waals surface area contributed by atoms with E-state index >= 15 is 0 Å². The Morgan fingerprint density at radius 2 is 1.70 bits per heavy atom. The van der Waals surface area contributed by atoms with Crippen molar-refractivity contribution in [3.05, 3.63) is 65.2 Å². The van der Waals surface area contributed by atoms with Crippen LogP contribution in [0.2, 0.25) is 0 Å². The lowest BCUT2D eigenvalue weighted by Crippen LogP contribution is -2.36. The van der Waals surface area contributed by atoms with Crippen LogP contribution in [0.3, 0.4) is 0 Å². The van der Waals surface area contributed by atoms with Gasteiger partial charge in [-0.15, -0.1) is 0 Å². The Balaban J connectivity index is 1.76. The number of rotatable bonds is 7.